The molecule has 15 heavy (non-hydrogen) atoms. The molecule has 1 heterocycles. The number of hydrogen-bond acceptors (Lipinski definition) is 3. The zero-order chi connectivity index (χ0) is 11.3. The van der Waals surface area contributed by atoms with Crippen LogP contribution >= 0.6 is 0 Å². The van der Waals surface area contributed by atoms with E-state index in [9.17, 15) is 0 Å². The topological polar surface area (TPSA) is 42.7 Å². The van der Waals surface area contributed by atoms with Crippen molar-refractivity contribution in [1.29, 1.82) is 0 Å². The van der Waals surface area contributed by atoms with Crippen LogP contribution < -0.4 is 5.32 Å². The van der Waals surface area contributed by atoms with Gasteiger partial charge in [0.25, 0.3) is 0 Å². The Kier molecular flexibility index (Phi) is 4.75. The molecule has 1 rings (SSSR count). The highest BCUT2D eigenvalue weighted by Gasteiger charge is 2.18. The van der Waals surface area contributed by atoms with Gasteiger partial charge >= 0.3 is 0 Å². The number of nitrogens with zero attached hydrogens (tertiary/aromatic N) is 3. The van der Waals surface area contributed by atoms with Gasteiger partial charge in [0.2, 0.25) is 0 Å². The van der Waals surface area contributed by atoms with Gasteiger partial charge < -0.3 is 5.32 Å². The van der Waals surface area contributed by atoms with Gasteiger partial charge in [0.05, 0.1) is 5.69 Å². The Morgan fingerprint density at radius 1 is 1.40 bits per heavy atom. The van der Waals surface area contributed by atoms with E-state index in [1.807, 2.05) is 20.3 Å². The summed E-state index contributed by atoms with van der Waals surface area (Å²) >= 11 is 0. The van der Waals surface area contributed by atoms with Crippen molar-refractivity contribution in [1.82, 2.24) is 20.3 Å². The van der Waals surface area contributed by atoms with Gasteiger partial charge in [-0.1, -0.05) is 31.9 Å². The third kappa shape index (κ3) is 3.30. The second-order valence-corrected chi connectivity index (χ2v) is 4.06. The van der Waals surface area contributed by atoms with E-state index in [1.165, 1.54) is 12.8 Å². The maximum atomic E-state index is 4.13. The smallest absolute Gasteiger partial charge is 0.0842 e. The zero-order valence-corrected chi connectivity index (χ0v) is 10.2. The second-order valence-electron chi connectivity index (χ2n) is 4.06. The summed E-state index contributed by atoms with van der Waals surface area (Å²) < 4.78 is 1.76. The van der Waals surface area contributed by atoms with Crippen LogP contribution in [-0.2, 0) is 13.5 Å². The quantitative estimate of drug-likeness (QED) is 0.771. The van der Waals surface area contributed by atoms with E-state index in [1.54, 1.807) is 4.68 Å². The van der Waals surface area contributed by atoms with Gasteiger partial charge in [0.1, 0.15) is 0 Å². The fourth-order valence-corrected chi connectivity index (χ4v) is 2.08. The number of nitrogens with one attached hydrogen (secondary N) is 1. The van der Waals surface area contributed by atoms with Crippen molar-refractivity contribution in [3.05, 3.63) is 11.9 Å². The van der Waals surface area contributed by atoms with Gasteiger partial charge in [-0.15, -0.1) is 5.10 Å². The van der Waals surface area contributed by atoms with E-state index in [-0.39, 0.29) is 0 Å². The van der Waals surface area contributed by atoms with Crippen LogP contribution in [0.4, 0.5) is 0 Å². The van der Waals surface area contributed by atoms with Crippen molar-refractivity contribution >= 4 is 0 Å². The monoisotopic (exact) mass is 210 g/mol. The molecule has 0 aliphatic rings. The molecule has 4 nitrogen and oxygen atoms in total. The molecule has 0 fully saturated rings. The predicted molar refractivity (Wildman–Crippen MR) is 61.6 cm³/mol. The van der Waals surface area contributed by atoms with Crippen LogP contribution in [0.15, 0.2) is 6.20 Å². The summed E-state index contributed by atoms with van der Waals surface area (Å²) in [5, 5.41) is 11.5. The highest BCUT2D eigenvalue weighted by molar-refractivity contribution is 4.96. The summed E-state index contributed by atoms with van der Waals surface area (Å²) in [6, 6.07) is 0.511. The van der Waals surface area contributed by atoms with Crippen LogP contribution in [0.5, 0.6) is 0 Å². The first-order valence-electron chi connectivity index (χ1n) is 5.73. The molecule has 86 valence electrons. The molecule has 0 aromatic carbocycles. The molecule has 0 radical (unpaired) electrons. The van der Waals surface area contributed by atoms with E-state index in [0.717, 1.165) is 18.0 Å². The summed E-state index contributed by atoms with van der Waals surface area (Å²) in [7, 11) is 3.93. The van der Waals surface area contributed by atoms with Crippen LogP contribution in [-0.4, -0.2) is 28.1 Å². The molecule has 4 heteroatoms. The lowest BCUT2D eigenvalue weighted by Crippen LogP contribution is -2.35. The fourth-order valence-electron chi connectivity index (χ4n) is 2.08. The summed E-state index contributed by atoms with van der Waals surface area (Å²) in [6.07, 6.45) is 5.38. The SMILES string of the molecule is CCC(CC)C(Cc1cn(C)nn1)NC. The van der Waals surface area contributed by atoms with E-state index in [0.29, 0.717) is 6.04 Å². The maximum absolute atomic E-state index is 4.13. The Balaban J connectivity index is 2.60. The Morgan fingerprint density at radius 3 is 2.47 bits per heavy atom. The summed E-state index contributed by atoms with van der Waals surface area (Å²) in [5.74, 6) is 0.719. The van der Waals surface area contributed by atoms with Crippen molar-refractivity contribution in [2.45, 2.75) is 39.2 Å². The van der Waals surface area contributed by atoms with Crippen LogP contribution in [0.2, 0.25) is 0 Å². The molecule has 0 aliphatic carbocycles. The van der Waals surface area contributed by atoms with Crippen molar-refractivity contribution in [3.8, 4) is 0 Å². The number of likely N-dealkylation sites (N-methyl/N-ethyl adjacent to an activating group) is 1. The zero-order valence-electron chi connectivity index (χ0n) is 10.2. The normalized spacial score (nSPS) is 13.4. The molecule has 1 aromatic rings. The molecule has 0 bridgehead atoms. The first kappa shape index (κ1) is 12.2. The molecule has 0 saturated heterocycles. The molecule has 0 amide bonds. The van der Waals surface area contributed by atoms with Crippen molar-refractivity contribution in [2.75, 3.05) is 7.05 Å². The molecule has 1 unspecified atom stereocenters. The lowest BCUT2D eigenvalue weighted by molar-refractivity contribution is 0.347. The highest BCUT2D eigenvalue weighted by atomic mass is 15.4. The van der Waals surface area contributed by atoms with Gasteiger partial charge in [-0.3, -0.25) is 4.68 Å². The Morgan fingerprint density at radius 2 is 2.07 bits per heavy atom. The Bertz CT molecular complexity index is 278. The average Bonchev–Trinajstić information content (AvgIpc) is 2.64. The maximum Gasteiger partial charge on any atom is 0.0842 e. The lowest BCUT2D eigenvalue weighted by atomic mass is 9.91. The van der Waals surface area contributed by atoms with Gasteiger partial charge in [-0.2, -0.15) is 0 Å². The first-order valence-corrected chi connectivity index (χ1v) is 5.73. The largest absolute Gasteiger partial charge is 0.316 e. The summed E-state index contributed by atoms with van der Waals surface area (Å²) in [4.78, 5) is 0. The lowest BCUT2D eigenvalue weighted by Gasteiger charge is -2.23. The Hall–Kier alpha value is -0.900. The molecular formula is C11H22N4. The highest BCUT2D eigenvalue weighted by Crippen LogP contribution is 2.15. The minimum Gasteiger partial charge on any atom is -0.316 e. The van der Waals surface area contributed by atoms with Gasteiger partial charge in [-0.05, 0) is 13.0 Å². The standard InChI is InChI=1S/C11H22N4/c1-5-9(6-2)11(12-3)7-10-8-15(4)14-13-10/h8-9,11-12H,5-7H2,1-4H3. The van der Waals surface area contributed by atoms with E-state index >= 15 is 0 Å². The second kappa shape index (κ2) is 5.85. The molecule has 0 spiro atoms. The summed E-state index contributed by atoms with van der Waals surface area (Å²) in [5.41, 5.74) is 1.07. The molecular weight excluding hydrogens is 188 g/mol. The first-order chi connectivity index (χ1) is 7.21. The van der Waals surface area contributed by atoms with E-state index in [2.05, 4.69) is 29.5 Å². The molecule has 0 aliphatic heterocycles. The van der Waals surface area contributed by atoms with E-state index in [4.69, 9.17) is 0 Å². The molecule has 1 N–H and O–H groups in total. The minimum atomic E-state index is 0.511. The van der Waals surface area contributed by atoms with Crippen LogP contribution in [0.1, 0.15) is 32.4 Å². The third-order valence-corrected chi connectivity index (χ3v) is 3.07. The van der Waals surface area contributed by atoms with Gasteiger partial charge in [0.15, 0.2) is 0 Å². The van der Waals surface area contributed by atoms with Crippen LogP contribution in [0, 0.1) is 5.92 Å². The van der Waals surface area contributed by atoms with Crippen molar-refractivity contribution < 1.29 is 0 Å². The number of aryl methyl sites for hydroxylation is 1. The minimum absolute atomic E-state index is 0.511. The fraction of sp³-hybridized carbons (Fsp3) is 0.818. The van der Waals surface area contributed by atoms with E-state index < -0.39 is 0 Å². The van der Waals surface area contributed by atoms with Crippen LogP contribution in [0.25, 0.3) is 0 Å². The van der Waals surface area contributed by atoms with Crippen molar-refractivity contribution in [3.63, 3.8) is 0 Å². The molecule has 0 saturated carbocycles. The molecule has 1 aromatic heterocycles. The number of hydrogen-bond donors (Lipinski definition) is 1. The summed E-state index contributed by atoms with van der Waals surface area (Å²) in [6.45, 7) is 4.49. The van der Waals surface area contributed by atoms with Crippen LogP contribution in [0.3, 0.4) is 0 Å². The number of rotatable bonds is 6. The molecule has 1 atom stereocenters. The van der Waals surface area contributed by atoms with Gasteiger partial charge in [-0.25, -0.2) is 0 Å². The van der Waals surface area contributed by atoms with Crippen molar-refractivity contribution in [2.24, 2.45) is 13.0 Å². The predicted octanol–water partition coefficient (Wildman–Crippen LogP) is 1.38. The average molecular weight is 210 g/mol. The third-order valence-electron chi connectivity index (χ3n) is 3.07. The van der Waals surface area contributed by atoms with Gasteiger partial charge in [0, 0.05) is 25.7 Å². The Labute approximate surface area is 92.1 Å². The number of aromatic nitrogens is 3.